The van der Waals surface area contributed by atoms with Gasteiger partial charge in [0, 0.05) is 11.1 Å². The maximum atomic E-state index is 5.93. The van der Waals surface area contributed by atoms with Crippen LogP contribution in [-0.4, -0.2) is 19.8 Å². The Hall–Kier alpha value is -2.63. The average molecular weight is 357 g/mol. The van der Waals surface area contributed by atoms with Crippen molar-refractivity contribution in [3.63, 3.8) is 0 Å². The monoisotopic (exact) mass is 356 g/mol. The van der Waals surface area contributed by atoms with Crippen LogP contribution in [0.25, 0.3) is 16.8 Å². The molecule has 0 N–H and O–H groups in total. The number of ether oxygens (including phenoxy) is 1. The predicted molar refractivity (Wildman–Crippen MR) is 92.8 cm³/mol. The van der Waals surface area contributed by atoms with E-state index < -0.39 is 0 Å². The van der Waals surface area contributed by atoms with Crippen molar-refractivity contribution in [2.24, 2.45) is 0 Å². The number of benzene rings is 2. The Bertz CT molecular complexity index is 1010. The van der Waals surface area contributed by atoms with E-state index in [2.05, 4.69) is 15.3 Å². The summed E-state index contributed by atoms with van der Waals surface area (Å²) in [6.45, 7) is 0. The van der Waals surface area contributed by atoms with Crippen molar-refractivity contribution in [3.05, 3.63) is 71.0 Å². The zero-order valence-electron chi connectivity index (χ0n) is 12.2. The first-order valence-electron chi connectivity index (χ1n) is 7.11. The number of rotatable bonds is 3. The van der Waals surface area contributed by atoms with Crippen LogP contribution in [0.1, 0.15) is 0 Å². The number of aromatic nitrogens is 4. The van der Waals surface area contributed by atoms with E-state index in [1.54, 1.807) is 12.1 Å². The van der Waals surface area contributed by atoms with Crippen molar-refractivity contribution in [3.8, 4) is 22.8 Å². The molecule has 2 aromatic carbocycles. The van der Waals surface area contributed by atoms with Crippen molar-refractivity contribution in [1.82, 2.24) is 19.8 Å². The van der Waals surface area contributed by atoms with E-state index in [9.17, 15) is 0 Å². The van der Waals surface area contributed by atoms with E-state index in [0.717, 1.165) is 11.1 Å². The number of fused-ring (bicyclic) bond motifs is 1. The normalized spacial score (nSPS) is 10.9. The van der Waals surface area contributed by atoms with Crippen LogP contribution in [-0.2, 0) is 0 Å². The molecule has 24 heavy (non-hydrogen) atoms. The standard InChI is InChI=1S/C17H10Cl2N4O/c18-13-6-4-11(5-7-13)12-2-1-3-14(10-12)24-16-9-8-15-20-21-17(19)23(15)22-16/h1-10H. The molecule has 2 heterocycles. The Morgan fingerprint density at radius 1 is 0.833 bits per heavy atom. The van der Waals surface area contributed by atoms with E-state index in [1.165, 1.54) is 4.52 Å². The van der Waals surface area contributed by atoms with Crippen LogP contribution in [0.2, 0.25) is 10.3 Å². The molecule has 2 aromatic heterocycles. The van der Waals surface area contributed by atoms with Gasteiger partial charge < -0.3 is 4.74 Å². The summed E-state index contributed by atoms with van der Waals surface area (Å²) in [4.78, 5) is 0. The van der Waals surface area contributed by atoms with Crippen molar-refractivity contribution in [2.75, 3.05) is 0 Å². The zero-order valence-corrected chi connectivity index (χ0v) is 13.7. The summed E-state index contributed by atoms with van der Waals surface area (Å²) in [7, 11) is 0. The van der Waals surface area contributed by atoms with Crippen LogP contribution in [0, 0.1) is 0 Å². The minimum absolute atomic E-state index is 0.186. The first kappa shape index (κ1) is 14.9. The lowest BCUT2D eigenvalue weighted by atomic mass is 10.1. The van der Waals surface area contributed by atoms with Gasteiger partial charge in [-0.1, -0.05) is 35.9 Å². The van der Waals surface area contributed by atoms with Gasteiger partial charge in [-0.25, -0.2) is 0 Å². The van der Waals surface area contributed by atoms with E-state index in [1.807, 2.05) is 48.5 Å². The van der Waals surface area contributed by atoms with Crippen molar-refractivity contribution in [1.29, 1.82) is 0 Å². The summed E-state index contributed by atoms with van der Waals surface area (Å²) in [6.07, 6.45) is 0. The number of hydrogen-bond acceptors (Lipinski definition) is 4. The zero-order chi connectivity index (χ0) is 16.5. The van der Waals surface area contributed by atoms with E-state index >= 15 is 0 Å². The highest BCUT2D eigenvalue weighted by atomic mass is 35.5. The molecule has 0 spiro atoms. The van der Waals surface area contributed by atoms with Gasteiger partial charge in [-0.3, -0.25) is 0 Å². The topological polar surface area (TPSA) is 52.3 Å². The highest BCUT2D eigenvalue weighted by Crippen LogP contribution is 2.27. The van der Waals surface area contributed by atoms with Crippen LogP contribution in [0.3, 0.4) is 0 Å². The van der Waals surface area contributed by atoms with Gasteiger partial charge in [-0.05, 0) is 53.1 Å². The number of hydrogen-bond donors (Lipinski definition) is 0. The molecule has 0 atom stereocenters. The molecule has 0 aliphatic rings. The summed E-state index contributed by atoms with van der Waals surface area (Å²) in [5.74, 6) is 1.07. The lowest BCUT2D eigenvalue weighted by Crippen LogP contribution is -1.95. The third kappa shape index (κ3) is 2.91. The fourth-order valence-electron chi connectivity index (χ4n) is 2.30. The molecule has 0 saturated carbocycles. The third-order valence-electron chi connectivity index (χ3n) is 3.43. The molecule has 4 aromatic rings. The molecule has 0 amide bonds. The average Bonchev–Trinajstić information content (AvgIpc) is 2.97. The van der Waals surface area contributed by atoms with Gasteiger partial charge in [0.15, 0.2) is 5.65 Å². The van der Waals surface area contributed by atoms with Crippen molar-refractivity contribution < 1.29 is 4.74 Å². The fraction of sp³-hybridized carbons (Fsp3) is 0. The van der Waals surface area contributed by atoms with E-state index in [0.29, 0.717) is 22.3 Å². The maximum Gasteiger partial charge on any atom is 0.246 e. The van der Waals surface area contributed by atoms with Gasteiger partial charge in [0.2, 0.25) is 11.2 Å². The van der Waals surface area contributed by atoms with Crippen LogP contribution < -0.4 is 4.74 Å². The van der Waals surface area contributed by atoms with Gasteiger partial charge in [-0.15, -0.1) is 15.3 Å². The van der Waals surface area contributed by atoms with E-state index in [-0.39, 0.29) is 5.28 Å². The van der Waals surface area contributed by atoms with Crippen LogP contribution in [0.4, 0.5) is 0 Å². The lowest BCUT2D eigenvalue weighted by Gasteiger charge is -2.07. The second-order valence-corrected chi connectivity index (χ2v) is 5.82. The van der Waals surface area contributed by atoms with Gasteiger partial charge in [0.05, 0.1) is 0 Å². The summed E-state index contributed by atoms with van der Waals surface area (Å²) < 4.78 is 7.24. The molecule has 0 saturated heterocycles. The maximum absolute atomic E-state index is 5.93. The Labute approximate surface area is 147 Å². The molecule has 0 aliphatic heterocycles. The fourth-order valence-corrected chi connectivity index (χ4v) is 2.59. The Balaban J connectivity index is 1.65. The molecule has 0 bridgehead atoms. The summed E-state index contributed by atoms with van der Waals surface area (Å²) in [5.41, 5.74) is 2.63. The molecule has 118 valence electrons. The molecule has 0 fully saturated rings. The van der Waals surface area contributed by atoms with Gasteiger partial charge in [0.1, 0.15) is 5.75 Å². The third-order valence-corrected chi connectivity index (χ3v) is 3.92. The first-order valence-corrected chi connectivity index (χ1v) is 7.86. The van der Waals surface area contributed by atoms with Gasteiger partial charge in [0.25, 0.3) is 0 Å². The van der Waals surface area contributed by atoms with Gasteiger partial charge >= 0.3 is 0 Å². The number of nitrogens with zero attached hydrogens (tertiary/aromatic N) is 4. The molecule has 0 radical (unpaired) electrons. The highest BCUT2D eigenvalue weighted by Gasteiger charge is 2.07. The molecular formula is C17H10Cl2N4O. The second kappa shape index (κ2) is 6.11. The minimum atomic E-state index is 0.186. The van der Waals surface area contributed by atoms with Crippen molar-refractivity contribution in [2.45, 2.75) is 0 Å². The SMILES string of the molecule is Clc1ccc(-c2cccc(Oc3ccc4nnc(Cl)n4n3)c2)cc1. The molecular weight excluding hydrogens is 347 g/mol. The van der Waals surface area contributed by atoms with Gasteiger partial charge in [-0.2, -0.15) is 4.52 Å². The minimum Gasteiger partial charge on any atom is -0.438 e. The smallest absolute Gasteiger partial charge is 0.246 e. The Morgan fingerprint density at radius 2 is 1.67 bits per heavy atom. The molecule has 0 aliphatic carbocycles. The summed E-state index contributed by atoms with van der Waals surface area (Å²) >= 11 is 11.9. The summed E-state index contributed by atoms with van der Waals surface area (Å²) in [5, 5.41) is 12.8. The second-order valence-electron chi connectivity index (χ2n) is 5.05. The predicted octanol–water partition coefficient (Wildman–Crippen LogP) is 4.89. The Morgan fingerprint density at radius 3 is 2.50 bits per heavy atom. The van der Waals surface area contributed by atoms with E-state index in [4.69, 9.17) is 27.9 Å². The van der Waals surface area contributed by atoms with Crippen LogP contribution >= 0.6 is 23.2 Å². The first-order chi connectivity index (χ1) is 11.7. The quantitative estimate of drug-likeness (QED) is 0.524. The molecule has 7 heteroatoms. The molecule has 5 nitrogen and oxygen atoms in total. The molecule has 0 unspecified atom stereocenters. The Kier molecular flexibility index (Phi) is 3.80. The van der Waals surface area contributed by atoms with Crippen LogP contribution in [0.15, 0.2) is 60.7 Å². The number of halogens is 2. The lowest BCUT2D eigenvalue weighted by molar-refractivity contribution is 0.452. The largest absolute Gasteiger partial charge is 0.438 e. The summed E-state index contributed by atoms with van der Waals surface area (Å²) in [6, 6.07) is 18.8. The highest BCUT2D eigenvalue weighted by molar-refractivity contribution is 6.30. The van der Waals surface area contributed by atoms with Crippen molar-refractivity contribution >= 4 is 28.8 Å². The van der Waals surface area contributed by atoms with Crippen LogP contribution in [0.5, 0.6) is 11.6 Å². The molecule has 4 rings (SSSR count).